The molecule has 1 N–H and O–H groups in total. The van der Waals surface area contributed by atoms with E-state index in [0.29, 0.717) is 19.0 Å². The number of carbonyl (C=O) groups is 1. The number of halogens is 1. The number of anilines is 1. The molecule has 0 aliphatic carbocycles. The van der Waals surface area contributed by atoms with Crippen LogP contribution in [0.15, 0.2) is 16.7 Å². The van der Waals surface area contributed by atoms with Gasteiger partial charge in [-0.25, -0.2) is 4.98 Å². The second-order valence-electron chi connectivity index (χ2n) is 3.41. The van der Waals surface area contributed by atoms with Crippen molar-refractivity contribution in [3.05, 3.63) is 22.3 Å². The third-order valence-corrected chi connectivity index (χ3v) is 2.40. The lowest BCUT2D eigenvalue weighted by Crippen LogP contribution is -2.20. The molecule has 1 rings (SSSR count). The number of methoxy groups -OCH3 is 1. The first kappa shape index (κ1) is 14.1. The SMILES string of the molecule is COCCOCC(=O)Nc1ncc(Br)cc1C. The van der Waals surface area contributed by atoms with Crippen molar-refractivity contribution in [3.8, 4) is 0 Å². The Labute approximate surface area is 109 Å². The number of ether oxygens (including phenoxy) is 2. The number of aryl methyl sites for hydroxylation is 1. The standard InChI is InChI=1S/C11H15BrN2O3/c1-8-5-9(12)6-13-11(8)14-10(15)7-17-4-3-16-2/h5-6H,3-4,7H2,1-2H3,(H,13,14,15). The highest BCUT2D eigenvalue weighted by Gasteiger charge is 2.06. The molecular weight excluding hydrogens is 288 g/mol. The number of rotatable bonds is 6. The quantitative estimate of drug-likeness (QED) is 0.813. The molecule has 0 saturated heterocycles. The van der Waals surface area contributed by atoms with Crippen LogP contribution in [0.3, 0.4) is 0 Å². The Morgan fingerprint density at radius 3 is 2.94 bits per heavy atom. The third kappa shape index (κ3) is 5.25. The topological polar surface area (TPSA) is 60.5 Å². The number of pyridine rings is 1. The van der Waals surface area contributed by atoms with Gasteiger partial charge in [0.2, 0.25) is 0 Å². The Morgan fingerprint density at radius 1 is 1.53 bits per heavy atom. The molecule has 0 aromatic carbocycles. The highest BCUT2D eigenvalue weighted by Crippen LogP contribution is 2.16. The monoisotopic (exact) mass is 302 g/mol. The largest absolute Gasteiger partial charge is 0.382 e. The van der Waals surface area contributed by atoms with Gasteiger partial charge in [0.25, 0.3) is 5.91 Å². The van der Waals surface area contributed by atoms with Crippen molar-refractivity contribution < 1.29 is 14.3 Å². The molecule has 0 saturated carbocycles. The zero-order chi connectivity index (χ0) is 12.7. The maximum absolute atomic E-state index is 11.5. The molecule has 1 aromatic rings. The van der Waals surface area contributed by atoms with Crippen molar-refractivity contribution in [1.82, 2.24) is 4.98 Å². The molecule has 0 fully saturated rings. The summed E-state index contributed by atoms with van der Waals surface area (Å²) in [5.41, 5.74) is 0.893. The molecule has 1 heterocycles. The molecule has 0 bridgehead atoms. The molecule has 17 heavy (non-hydrogen) atoms. The molecule has 0 aliphatic heterocycles. The van der Waals surface area contributed by atoms with E-state index in [1.54, 1.807) is 13.3 Å². The van der Waals surface area contributed by atoms with Crippen molar-refractivity contribution >= 4 is 27.7 Å². The van der Waals surface area contributed by atoms with Crippen LogP contribution in [0.2, 0.25) is 0 Å². The average molecular weight is 303 g/mol. The fourth-order valence-corrected chi connectivity index (χ4v) is 1.59. The number of nitrogens with one attached hydrogen (secondary N) is 1. The van der Waals surface area contributed by atoms with Crippen LogP contribution >= 0.6 is 15.9 Å². The Hall–Kier alpha value is -0.980. The fraction of sp³-hybridized carbons (Fsp3) is 0.455. The van der Waals surface area contributed by atoms with Gasteiger partial charge < -0.3 is 14.8 Å². The van der Waals surface area contributed by atoms with E-state index in [4.69, 9.17) is 9.47 Å². The van der Waals surface area contributed by atoms with E-state index in [1.165, 1.54) is 0 Å². The molecule has 0 radical (unpaired) electrons. The highest BCUT2D eigenvalue weighted by atomic mass is 79.9. The molecule has 0 spiro atoms. The second kappa shape index (κ2) is 7.37. The number of amides is 1. The molecule has 1 amide bonds. The van der Waals surface area contributed by atoms with Crippen LogP contribution in [0.5, 0.6) is 0 Å². The lowest BCUT2D eigenvalue weighted by atomic mass is 10.3. The van der Waals surface area contributed by atoms with Gasteiger partial charge in [-0.05, 0) is 34.5 Å². The molecule has 5 nitrogen and oxygen atoms in total. The minimum absolute atomic E-state index is 0.000540. The van der Waals surface area contributed by atoms with Gasteiger partial charge in [0.1, 0.15) is 12.4 Å². The van der Waals surface area contributed by atoms with Crippen molar-refractivity contribution in [1.29, 1.82) is 0 Å². The predicted octanol–water partition coefficient (Wildman–Crippen LogP) is 1.75. The minimum atomic E-state index is -0.223. The summed E-state index contributed by atoms with van der Waals surface area (Å²) in [6.07, 6.45) is 1.63. The Balaban J connectivity index is 2.40. The summed E-state index contributed by atoms with van der Waals surface area (Å²) in [7, 11) is 1.58. The van der Waals surface area contributed by atoms with E-state index >= 15 is 0 Å². The summed E-state index contributed by atoms with van der Waals surface area (Å²) < 4.78 is 10.8. The number of hydrogen-bond acceptors (Lipinski definition) is 4. The summed E-state index contributed by atoms with van der Waals surface area (Å²) in [6.45, 7) is 2.75. The van der Waals surface area contributed by atoms with Gasteiger partial charge >= 0.3 is 0 Å². The fourth-order valence-electron chi connectivity index (χ4n) is 1.15. The molecular formula is C11H15BrN2O3. The lowest BCUT2D eigenvalue weighted by Gasteiger charge is -2.07. The molecule has 0 atom stereocenters. The summed E-state index contributed by atoms with van der Waals surface area (Å²) in [4.78, 5) is 15.6. The summed E-state index contributed by atoms with van der Waals surface area (Å²) in [6, 6.07) is 1.88. The zero-order valence-corrected chi connectivity index (χ0v) is 11.4. The number of hydrogen-bond donors (Lipinski definition) is 1. The van der Waals surface area contributed by atoms with E-state index in [-0.39, 0.29) is 12.5 Å². The minimum Gasteiger partial charge on any atom is -0.382 e. The van der Waals surface area contributed by atoms with Gasteiger partial charge in [0.05, 0.1) is 13.2 Å². The van der Waals surface area contributed by atoms with Crippen LogP contribution in [-0.4, -0.2) is 37.8 Å². The van der Waals surface area contributed by atoms with E-state index < -0.39 is 0 Å². The van der Waals surface area contributed by atoms with Gasteiger partial charge in [-0.3, -0.25) is 4.79 Å². The molecule has 0 unspecified atom stereocenters. The second-order valence-corrected chi connectivity index (χ2v) is 4.33. The van der Waals surface area contributed by atoms with Gasteiger partial charge in [0, 0.05) is 17.8 Å². The molecule has 1 aromatic heterocycles. The van der Waals surface area contributed by atoms with Crippen LogP contribution in [0.4, 0.5) is 5.82 Å². The van der Waals surface area contributed by atoms with Crippen LogP contribution in [0, 0.1) is 6.92 Å². The predicted molar refractivity (Wildman–Crippen MR) is 68.0 cm³/mol. The van der Waals surface area contributed by atoms with E-state index in [2.05, 4.69) is 26.2 Å². The maximum Gasteiger partial charge on any atom is 0.251 e. The first-order chi connectivity index (χ1) is 8.13. The van der Waals surface area contributed by atoms with Crippen molar-refractivity contribution in [2.45, 2.75) is 6.92 Å². The van der Waals surface area contributed by atoms with Crippen molar-refractivity contribution in [2.24, 2.45) is 0 Å². The van der Waals surface area contributed by atoms with Gasteiger partial charge in [-0.1, -0.05) is 0 Å². The third-order valence-electron chi connectivity index (χ3n) is 1.97. The van der Waals surface area contributed by atoms with Crippen LogP contribution < -0.4 is 5.32 Å². The smallest absolute Gasteiger partial charge is 0.251 e. The average Bonchev–Trinajstić information content (AvgIpc) is 2.28. The molecule has 0 aliphatic rings. The van der Waals surface area contributed by atoms with Crippen LogP contribution in [0.25, 0.3) is 0 Å². The maximum atomic E-state index is 11.5. The Kier molecular flexibility index (Phi) is 6.10. The summed E-state index contributed by atoms with van der Waals surface area (Å²) >= 11 is 3.31. The molecule has 6 heteroatoms. The Bertz CT molecular complexity index is 385. The van der Waals surface area contributed by atoms with Crippen molar-refractivity contribution in [3.63, 3.8) is 0 Å². The van der Waals surface area contributed by atoms with E-state index in [1.807, 2.05) is 13.0 Å². The summed E-state index contributed by atoms with van der Waals surface area (Å²) in [5.74, 6) is 0.326. The van der Waals surface area contributed by atoms with E-state index in [9.17, 15) is 4.79 Å². The number of nitrogens with zero attached hydrogens (tertiary/aromatic N) is 1. The normalized spacial score (nSPS) is 10.3. The Morgan fingerprint density at radius 2 is 2.29 bits per heavy atom. The lowest BCUT2D eigenvalue weighted by molar-refractivity contribution is -0.121. The summed E-state index contributed by atoms with van der Waals surface area (Å²) in [5, 5.41) is 2.68. The van der Waals surface area contributed by atoms with Gasteiger partial charge in [0.15, 0.2) is 0 Å². The van der Waals surface area contributed by atoms with Gasteiger partial charge in [-0.15, -0.1) is 0 Å². The van der Waals surface area contributed by atoms with Crippen molar-refractivity contribution in [2.75, 3.05) is 32.2 Å². The zero-order valence-electron chi connectivity index (χ0n) is 9.83. The highest BCUT2D eigenvalue weighted by molar-refractivity contribution is 9.10. The number of carbonyl (C=O) groups excluding carboxylic acids is 1. The molecule has 94 valence electrons. The van der Waals surface area contributed by atoms with Crippen LogP contribution in [-0.2, 0) is 14.3 Å². The number of aromatic nitrogens is 1. The first-order valence-electron chi connectivity index (χ1n) is 5.12. The van der Waals surface area contributed by atoms with Crippen LogP contribution in [0.1, 0.15) is 5.56 Å². The van der Waals surface area contributed by atoms with Gasteiger partial charge in [-0.2, -0.15) is 0 Å². The van der Waals surface area contributed by atoms with E-state index in [0.717, 1.165) is 10.0 Å². The first-order valence-corrected chi connectivity index (χ1v) is 5.91.